The maximum atomic E-state index is 12.8. The predicted octanol–water partition coefficient (Wildman–Crippen LogP) is 5.35. The molecule has 0 aliphatic carbocycles. The Hall–Kier alpha value is -2.66. The molecule has 2 aromatic carbocycles. The highest BCUT2D eigenvalue weighted by Gasteiger charge is 2.29. The van der Waals surface area contributed by atoms with E-state index in [1.54, 1.807) is 24.5 Å². The van der Waals surface area contributed by atoms with Gasteiger partial charge in [0.25, 0.3) is 0 Å². The molecule has 0 aliphatic rings. The summed E-state index contributed by atoms with van der Waals surface area (Å²) in [4.78, 5) is 6.28. The SMILES string of the molecule is FC(F)(F)c1ccc(CN(CCc2ccccc2)Cc2ccncc2)cc1. The fourth-order valence-electron chi connectivity index (χ4n) is 2.95. The first kappa shape index (κ1) is 19.1. The molecule has 1 aromatic heterocycles. The van der Waals surface area contributed by atoms with Crippen molar-refractivity contribution in [2.24, 2.45) is 0 Å². The summed E-state index contributed by atoms with van der Waals surface area (Å²) in [6, 6.07) is 19.5. The summed E-state index contributed by atoms with van der Waals surface area (Å²) in [5, 5.41) is 0. The summed E-state index contributed by atoms with van der Waals surface area (Å²) in [5.41, 5.74) is 2.62. The van der Waals surface area contributed by atoms with Gasteiger partial charge < -0.3 is 0 Å². The van der Waals surface area contributed by atoms with Crippen molar-refractivity contribution < 1.29 is 13.2 Å². The minimum atomic E-state index is -4.30. The number of alkyl halides is 3. The lowest BCUT2D eigenvalue weighted by molar-refractivity contribution is -0.137. The quantitative estimate of drug-likeness (QED) is 0.558. The van der Waals surface area contributed by atoms with E-state index in [9.17, 15) is 13.2 Å². The number of hydrogen-bond donors (Lipinski definition) is 0. The lowest BCUT2D eigenvalue weighted by Gasteiger charge is -2.23. The molecule has 1 heterocycles. The van der Waals surface area contributed by atoms with Gasteiger partial charge in [0.2, 0.25) is 0 Å². The highest BCUT2D eigenvalue weighted by molar-refractivity contribution is 5.25. The molecule has 0 amide bonds. The third-order valence-corrected chi connectivity index (χ3v) is 4.40. The molecule has 3 rings (SSSR count). The van der Waals surface area contributed by atoms with Crippen LogP contribution in [-0.2, 0) is 25.7 Å². The molecule has 0 saturated heterocycles. The van der Waals surface area contributed by atoms with Crippen LogP contribution in [0.25, 0.3) is 0 Å². The molecular formula is C22H21F3N2. The number of halogens is 3. The van der Waals surface area contributed by atoms with Crippen molar-refractivity contribution in [1.82, 2.24) is 9.88 Å². The molecule has 0 spiro atoms. The van der Waals surface area contributed by atoms with Crippen molar-refractivity contribution in [3.8, 4) is 0 Å². The van der Waals surface area contributed by atoms with E-state index >= 15 is 0 Å². The molecule has 2 nitrogen and oxygen atoms in total. The van der Waals surface area contributed by atoms with Crippen LogP contribution in [0.2, 0.25) is 0 Å². The number of hydrogen-bond acceptors (Lipinski definition) is 2. The van der Waals surface area contributed by atoms with Crippen LogP contribution in [0.1, 0.15) is 22.3 Å². The van der Waals surface area contributed by atoms with Gasteiger partial charge in [0, 0.05) is 32.0 Å². The van der Waals surface area contributed by atoms with E-state index in [2.05, 4.69) is 22.0 Å². The van der Waals surface area contributed by atoms with Crippen molar-refractivity contribution in [1.29, 1.82) is 0 Å². The molecule has 3 aromatic rings. The zero-order chi connectivity index (χ0) is 19.1. The van der Waals surface area contributed by atoms with E-state index in [0.717, 1.165) is 42.8 Å². The van der Waals surface area contributed by atoms with Gasteiger partial charge in [-0.1, -0.05) is 42.5 Å². The van der Waals surface area contributed by atoms with Gasteiger partial charge in [0.15, 0.2) is 0 Å². The molecule has 140 valence electrons. The number of rotatable bonds is 7. The Morgan fingerprint density at radius 2 is 1.30 bits per heavy atom. The topological polar surface area (TPSA) is 16.1 Å². The minimum absolute atomic E-state index is 0.591. The summed E-state index contributed by atoms with van der Waals surface area (Å²) in [6.07, 6.45) is 0.0841. The Morgan fingerprint density at radius 1 is 0.704 bits per heavy atom. The zero-order valence-electron chi connectivity index (χ0n) is 14.9. The van der Waals surface area contributed by atoms with Crippen LogP contribution in [0.4, 0.5) is 13.2 Å². The van der Waals surface area contributed by atoms with E-state index < -0.39 is 11.7 Å². The van der Waals surface area contributed by atoms with Crippen molar-refractivity contribution in [3.63, 3.8) is 0 Å². The molecule has 5 heteroatoms. The highest BCUT2D eigenvalue weighted by Crippen LogP contribution is 2.29. The molecular weight excluding hydrogens is 349 g/mol. The van der Waals surface area contributed by atoms with Gasteiger partial charge >= 0.3 is 6.18 Å². The summed E-state index contributed by atoms with van der Waals surface area (Å²) in [7, 11) is 0. The first-order valence-corrected chi connectivity index (χ1v) is 8.82. The van der Waals surface area contributed by atoms with Crippen LogP contribution in [0.15, 0.2) is 79.1 Å². The van der Waals surface area contributed by atoms with Crippen molar-refractivity contribution >= 4 is 0 Å². The Kier molecular flexibility index (Phi) is 6.24. The van der Waals surface area contributed by atoms with E-state index in [-0.39, 0.29) is 0 Å². The summed E-state index contributed by atoms with van der Waals surface area (Å²) in [5.74, 6) is 0. The summed E-state index contributed by atoms with van der Waals surface area (Å²) >= 11 is 0. The average Bonchev–Trinajstić information content (AvgIpc) is 2.67. The van der Waals surface area contributed by atoms with E-state index in [1.165, 1.54) is 5.56 Å². The fourth-order valence-corrected chi connectivity index (χ4v) is 2.95. The van der Waals surface area contributed by atoms with Gasteiger partial charge in [0.1, 0.15) is 0 Å². The first-order valence-electron chi connectivity index (χ1n) is 8.82. The van der Waals surface area contributed by atoms with E-state index in [1.807, 2.05) is 30.3 Å². The number of aromatic nitrogens is 1. The Bertz CT molecular complexity index is 816. The molecule has 0 saturated carbocycles. The Morgan fingerprint density at radius 3 is 1.89 bits per heavy atom. The normalized spacial score (nSPS) is 11.7. The molecule has 0 unspecified atom stereocenters. The van der Waals surface area contributed by atoms with Crippen LogP contribution < -0.4 is 0 Å². The molecule has 0 atom stereocenters. The van der Waals surface area contributed by atoms with Gasteiger partial charge in [-0.3, -0.25) is 9.88 Å². The van der Waals surface area contributed by atoms with Crippen molar-refractivity contribution in [2.75, 3.05) is 6.54 Å². The van der Waals surface area contributed by atoms with Crippen LogP contribution in [0, 0.1) is 0 Å². The second kappa shape index (κ2) is 8.82. The minimum Gasteiger partial charge on any atom is -0.295 e. The zero-order valence-corrected chi connectivity index (χ0v) is 14.9. The van der Waals surface area contributed by atoms with Crippen LogP contribution in [0.5, 0.6) is 0 Å². The smallest absolute Gasteiger partial charge is 0.295 e. The second-order valence-electron chi connectivity index (χ2n) is 6.50. The Labute approximate surface area is 157 Å². The summed E-state index contributed by atoms with van der Waals surface area (Å²) < 4.78 is 38.3. The molecule has 0 fully saturated rings. The third-order valence-electron chi connectivity index (χ3n) is 4.40. The fraction of sp³-hybridized carbons (Fsp3) is 0.227. The van der Waals surface area contributed by atoms with Crippen molar-refractivity contribution in [2.45, 2.75) is 25.7 Å². The van der Waals surface area contributed by atoms with Crippen LogP contribution in [0.3, 0.4) is 0 Å². The number of benzene rings is 2. The molecule has 0 aliphatic heterocycles. The maximum Gasteiger partial charge on any atom is 0.416 e. The van der Waals surface area contributed by atoms with Gasteiger partial charge in [-0.25, -0.2) is 0 Å². The van der Waals surface area contributed by atoms with Gasteiger partial charge in [-0.15, -0.1) is 0 Å². The number of pyridine rings is 1. The molecule has 0 bridgehead atoms. The molecule has 27 heavy (non-hydrogen) atoms. The molecule has 0 radical (unpaired) electrons. The largest absolute Gasteiger partial charge is 0.416 e. The van der Waals surface area contributed by atoms with Crippen LogP contribution >= 0.6 is 0 Å². The maximum absolute atomic E-state index is 12.8. The van der Waals surface area contributed by atoms with Gasteiger partial charge in [0.05, 0.1) is 5.56 Å². The van der Waals surface area contributed by atoms with E-state index in [0.29, 0.717) is 6.54 Å². The van der Waals surface area contributed by atoms with Crippen molar-refractivity contribution in [3.05, 3.63) is 101 Å². The van der Waals surface area contributed by atoms with Crippen LogP contribution in [-0.4, -0.2) is 16.4 Å². The monoisotopic (exact) mass is 370 g/mol. The third kappa shape index (κ3) is 5.93. The lowest BCUT2D eigenvalue weighted by atomic mass is 10.1. The Balaban J connectivity index is 1.70. The molecule has 0 N–H and O–H groups in total. The summed E-state index contributed by atoms with van der Waals surface area (Å²) in [6.45, 7) is 2.12. The van der Waals surface area contributed by atoms with Gasteiger partial charge in [-0.2, -0.15) is 13.2 Å². The van der Waals surface area contributed by atoms with Gasteiger partial charge in [-0.05, 0) is 47.4 Å². The average molecular weight is 370 g/mol. The lowest BCUT2D eigenvalue weighted by Crippen LogP contribution is -2.25. The standard InChI is InChI=1S/C22H21F3N2/c23-22(24,25)21-8-6-19(7-9-21)16-27(17-20-10-13-26-14-11-20)15-12-18-4-2-1-3-5-18/h1-11,13-14H,12,15-17H2. The predicted molar refractivity (Wildman–Crippen MR) is 99.9 cm³/mol. The number of nitrogens with zero attached hydrogens (tertiary/aromatic N) is 2. The van der Waals surface area contributed by atoms with E-state index in [4.69, 9.17) is 0 Å². The highest BCUT2D eigenvalue weighted by atomic mass is 19.4. The second-order valence-corrected chi connectivity index (χ2v) is 6.50. The first-order chi connectivity index (χ1) is 13.0.